The molecule has 0 fully saturated rings. The van der Waals surface area contributed by atoms with E-state index >= 15 is 0 Å². The van der Waals surface area contributed by atoms with Gasteiger partial charge in [-0.2, -0.15) is 4.57 Å². The number of pyridine rings is 1. The first-order valence-corrected chi connectivity index (χ1v) is 5.10. The van der Waals surface area contributed by atoms with Gasteiger partial charge >= 0.3 is 0 Å². The lowest BCUT2D eigenvalue weighted by Gasteiger charge is -1.99. The molecule has 0 aliphatic heterocycles. The maximum absolute atomic E-state index is 10.8. The van der Waals surface area contributed by atoms with Gasteiger partial charge in [0.15, 0.2) is 12.4 Å². The molecule has 0 atom stereocenters. The summed E-state index contributed by atoms with van der Waals surface area (Å²) in [5.74, 6) is -0.408. The summed E-state index contributed by atoms with van der Waals surface area (Å²) in [4.78, 5) is 10.8. The molecule has 0 bridgehead atoms. The summed E-state index contributed by atoms with van der Waals surface area (Å²) >= 11 is 0. The lowest BCUT2D eigenvalue weighted by atomic mass is 10.2. The summed E-state index contributed by atoms with van der Waals surface area (Å²) in [7, 11) is 0. The Bertz CT molecular complexity index is 314. The molecule has 1 aromatic rings. The van der Waals surface area contributed by atoms with E-state index in [0.717, 1.165) is 19.4 Å². The largest absolute Gasteiger partial charge is 1.00 e. The van der Waals surface area contributed by atoms with Crippen molar-refractivity contribution in [1.29, 1.82) is 0 Å². The minimum Gasteiger partial charge on any atom is -1.00 e. The molecule has 0 spiro atoms. The average molecular weight is 245 g/mol. The number of carbonyl (C=O) groups is 1. The number of hydrogen-bond donors (Lipinski definition) is 1. The molecule has 1 aromatic heterocycles. The van der Waals surface area contributed by atoms with Crippen LogP contribution in [0, 0.1) is 0 Å². The number of halogens is 1. The zero-order valence-corrected chi connectivity index (χ0v) is 10.1. The van der Waals surface area contributed by atoms with Crippen molar-refractivity contribution in [3.8, 4) is 0 Å². The number of hydrogen-bond acceptors (Lipinski definition) is 2. The van der Waals surface area contributed by atoms with Crippen LogP contribution in [0.15, 0.2) is 24.5 Å². The van der Waals surface area contributed by atoms with Crippen molar-refractivity contribution in [2.24, 2.45) is 5.73 Å². The maximum atomic E-state index is 10.8. The van der Waals surface area contributed by atoms with Gasteiger partial charge in [0.1, 0.15) is 0 Å². The fourth-order valence-electron chi connectivity index (χ4n) is 1.12. The molecule has 16 heavy (non-hydrogen) atoms. The third kappa shape index (κ3) is 5.09. The van der Waals surface area contributed by atoms with Crippen molar-refractivity contribution < 1.29 is 26.5 Å². The normalized spacial score (nSPS) is 9.56. The van der Waals surface area contributed by atoms with E-state index < -0.39 is 5.91 Å². The predicted octanol–water partition coefficient (Wildman–Crippen LogP) is -2.15. The Kier molecular flexibility index (Phi) is 7.50. The molecule has 0 aromatic carbocycles. The average Bonchev–Trinajstić information content (AvgIpc) is 2.25. The summed E-state index contributed by atoms with van der Waals surface area (Å²) < 4.78 is 7.27. The number of aromatic nitrogens is 1. The Morgan fingerprint density at radius 1 is 1.44 bits per heavy atom. The van der Waals surface area contributed by atoms with Crippen molar-refractivity contribution in [1.82, 2.24) is 0 Å². The van der Waals surface area contributed by atoms with Crippen molar-refractivity contribution >= 4 is 5.91 Å². The van der Waals surface area contributed by atoms with E-state index in [1.165, 1.54) is 0 Å². The van der Waals surface area contributed by atoms with Crippen molar-refractivity contribution in [2.75, 3.05) is 6.61 Å². The van der Waals surface area contributed by atoms with Crippen LogP contribution in [-0.4, -0.2) is 12.5 Å². The van der Waals surface area contributed by atoms with E-state index in [2.05, 4.69) is 6.92 Å². The summed E-state index contributed by atoms with van der Waals surface area (Å²) in [5.41, 5.74) is 5.64. The highest BCUT2D eigenvalue weighted by atomic mass is 35.5. The number of amides is 1. The van der Waals surface area contributed by atoms with Gasteiger partial charge in [-0.3, -0.25) is 4.79 Å². The summed E-state index contributed by atoms with van der Waals surface area (Å²) in [6.07, 6.45) is 5.77. The molecule has 0 aliphatic carbocycles. The van der Waals surface area contributed by atoms with Crippen LogP contribution in [0.2, 0.25) is 0 Å². The lowest BCUT2D eigenvalue weighted by Crippen LogP contribution is -3.00. The third-order valence-electron chi connectivity index (χ3n) is 2.06. The summed E-state index contributed by atoms with van der Waals surface area (Å²) in [5, 5.41) is 0. The fourth-order valence-corrected chi connectivity index (χ4v) is 1.12. The van der Waals surface area contributed by atoms with Gasteiger partial charge in [0.2, 0.25) is 5.91 Å². The monoisotopic (exact) mass is 244 g/mol. The van der Waals surface area contributed by atoms with Crippen LogP contribution in [0.5, 0.6) is 0 Å². The Balaban J connectivity index is 0.00000225. The van der Waals surface area contributed by atoms with Gasteiger partial charge < -0.3 is 22.9 Å². The molecule has 2 N–H and O–H groups in total. The molecule has 0 unspecified atom stereocenters. The van der Waals surface area contributed by atoms with Crippen LogP contribution in [-0.2, 0) is 11.5 Å². The number of nitrogens with zero attached hydrogens (tertiary/aromatic N) is 1. The summed E-state index contributed by atoms with van der Waals surface area (Å²) in [6, 6.07) is 3.37. The van der Waals surface area contributed by atoms with Gasteiger partial charge in [0.05, 0.1) is 12.2 Å². The number of rotatable bonds is 6. The molecule has 0 saturated carbocycles. The zero-order valence-electron chi connectivity index (χ0n) is 9.36. The fraction of sp³-hybridized carbons (Fsp3) is 0.455. The van der Waals surface area contributed by atoms with Gasteiger partial charge in [0, 0.05) is 12.1 Å². The van der Waals surface area contributed by atoms with Crippen molar-refractivity contribution in [3.05, 3.63) is 30.1 Å². The van der Waals surface area contributed by atoms with Crippen LogP contribution in [0.25, 0.3) is 0 Å². The summed E-state index contributed by atoms with van der Waals surface area (Å²) in [6.45, 7) is 3.40. The molecular weight excluding hydrogens is 228 g/mol. The Labute approximate surface area is 102 Å². The van der Waals surface area contributed by atoms with Crippen LogP contribution in [0.1, 0.15) is 30.1 Å². The van der Waals surface area contributed by atoms with Crippen LogP contribution >= 0.6 is 0 Å². The minimum atomic E-state index is -0.408. The standard InChI is InChI=1S/C11H16N2O2.ClH/c1-2-3-8-15-9-13-6-4-10(5-7-13)11(12)14;/h4-7H,2-3,8-9H2,1H3,(H-,12,14);1H. The number of primary amides is 1. The highest BCUT2D eigenvalue weighted by molar-refractivity contribution is 5.92. The van der Waals surface area contributed by atoms with Gasteiger partial charge in [0.25, 0.3) is 6.73 Å². The molecule has 1 rings (SSSR count). The number of ether oxygens (including phenoxy) is 1. The van der Waals surface area contributed by atoms with E-state index in [4.69, 9.17) is 10.5 Å². The molecule has 4 nitrogen and oxygen atoms in total. The Hall–Kier alpha value is -1.13. The SMILES string of the molecule is CCCCOC[n+]1ccc(C(N)=O)cc1.[Cl-]. The molecule has 1 heterocycles. The zero-order chi connectivity index (χ0) is 11.1. The van der Waals surface area contributed by atoms with E-state index in [9.17, 15) is 4.79 Å². The topological polar surface area (TPSA) is 56.2 Å². The van der Waals surface area contributed by atoms with E-state index in [1.807, 2.05) is 4.57 Å². The first-order chi connectivity index (χ1) is 7.24. The maximum Gasteiger partial charge on any atom is 0.252 e. The quantitative estimate of drug-likeness (QED) is 0.458. The number of carbonyl (C=O) groups excluding carboxylic acids is 1. The highest BCUT2D eigenvalue weighted by Crippen LogP contribution is 1.93. The van der Waals surface area contributed by atoms with Gasteiger partial charge in [-0.15, -0.1) is 0 Å². The molecule has 1 amide bonds. The lowest BCUT2D eigenvalue weighted by molar-refractivity contribution is -0.732. The van der Waals surface area contributed by atoms with Crippen LogP contribution in [0.3, 0.4) is 0 Å². The van der Waals surface area contributed by atoms with Crippen LogP contribution < -0.4 is 22.7 Å². The molecule has 90 valence electrons. The Morgan fingerprint density at radius 3 is 2.56 bits per heavy atom. The second-order valence-corrected chi connectivity index (χ2v) is 3.36. The van der Waals surface area contributed by atoms with E-state index in [-0.39, 0.29) is 12.4 Å². The third-order valence-corrected chi connectivity index (χ3v) is 2.06. The van der Waals surface area contributed by atoms with Gasteiger partial charge in [-0.1, -0.05) is 13.3 Å². The first kappa shape index (κ1) is 14.9. The molecular formula is C11H17ClN2O2. The number of nitrogens with two attached hydrogens (primary N) is 1. The van der Waals surface area contributed by atoms with Gasteiger partial charge in [-0.05, 0) is 6.42 Å². The molecule has 0 aliphatic rings. The number of unbranched alkanes of at least 4 members (excludes halogenated alkanes) is 1. The van der Waals surface area contributed by atoms with Crippen molar-refractivity contribution in [2.45, 2.75) is 26.5 Å². The smallest absolute Gasteiger partial charge is 0.252 e. The van der Waals surface area contributed by atoms with E-state index in [0.29, 0.717) is 12.3 Å². The molecule has 0 radical (unpaired) electrons. The predicted molar refractivity (Wildman–Crippen MR) is 56.0 cm³/mol. The minimum absolute atomic E-state index is 0. The second kappa shape index (κ2) is 8.07. The van der Waals surface area contributed by atoms with E-state index in [1.54, 1.807) is 24.5 Å². The van der Waals surface area contributed by atoms with Crippen LogP contribution in [0.4, 0.5) is 0 Å². The molecule has 0 saturated heterocycles. The van der Waals surface area contributed by atoms with Gasteiger partial charge in [-0.25, -0.2) is 0 Å². The highest BCUT2D eigenvalue weighted by Gasteiger charge is 2.03. The van der Waals surface area contributed by atoms with Crippen molar-refractivity contribution in [3.63, 3.8) is 0 Å². The Morgan fingerprint density at radius 2 is 2.06 bits per heavy atom. The first-order valence-electron chi connectivity index (χ1n) is 5.10. The second-order valence-electron chi connectivity index (χ2n) is 3.36. The molecule has 5 heteroatoms.